The topological polar surface area (TPSA) is 71.5 Å². The van der Waals surface area contributed by atoms with E-state index < -0.39 is 6.61 Å². The highest BCUT2D eigenvalue weighted by Gasteiger charge is 2.28. The highest BCUT2D eigenvalue weighted by molar-refractivity contribution is 7.14. The van der Waals surface area contributed by atoms with Gasteiger partial charge in [0.1, 0.15) is 5.75 Å². The van der Waals surface area contributed by atoms with Gasteiger partial charge in [0, 0.05) is 30.5 Å². The molecule has 0 aliphatic carbocycles. The number of para-hydroxylation sites is 1. The molecule has 156 valence electrons. The Morgan fingerprint density at radius 1 is 1.38 bits per heavy atom. The molecule has 3 rings (SSSR count). The molecular weight excluding hydrogens is 400 g/mol. The number of ether oxygens (including phenoxy) is 1. The van der Waals surface area contributed by atoms with E-state index in [0.717, 1.165) is 12.8 Å². The molecule has 1 saturated heterocycles. The molecule has 0 saturated carbocycles. The van der Waals surface area contributed by atoms with Crippen LogP contribution in [0, 0.1) is 5.92 Å². The lowest BCUT2D eigenvalue weighted by atomic mass is 9.97. The zero-order chi connectivity index (χ0) is 20.8. The van der Waals surface area contributed by atoms with E-state index in [2.05, 4.69) is 15.0 Å². The molecule has 1 aromatic carbocycles. The lowest BCUT2D eigenvalue weighted by Crippen LogP contribution is -2.43. The van der Waals surface area contributed by atoms with Crippen molar-refractivity contribution in [3.8, 4) is 17.0 Å². The number of likely N-dealkylation sites (tertiary alicyclic amines) is 1. The fraction of sp³-hybridized carbons (Fsp3) is 0.450. The van der Waals surface area contributed by atoms with Crippen molar-refractivity contribution in [2.24, 2.45) is 5.92 Å². The smallest absolute Gasteiger partial charge is 0.387 e. The van der Waals surface area contributed by atoms with Crippen molar-refractivity contribution in [3.05, 3.63) is 29.6 Å². The number of rotatable bonds is 7. The summed E-state index contributed by atoms with van der Waals surface area (Å²) in [6.45, 7) is 0.119. The first kappa shape index (κ1) is 21.2. The largest absolute Gasteiger partial charge is 0.434 e. The zero-order valence-corrected chi connectivity index (χ0v) is 16.9. The normalized spacial score (nSPS) is 16.7. The standard InChI is InChI=1S/C20H23F2N3O3S/c1-2-6-17(26)25-10-5-7-13(11-25)18(27)24-20-23-15(12-29-20)14-8-3-4-9-16(14)28-19(21)22/h3-4,8-9,12-13,19H,2,5-7,10-11H2,1H3,(H,23,24,27). The fourth-order valence-electron chi connectivity index (χ4n) is 3.33. The quantitative estimate of drug-likeness (QED) is 0.717. The van der Waals surface area contributed by atoms with Crippen molar-refractivity contribution >= 4 is 28.3 Å². The van der Waals surface area contributed by atoms with E-state index in [0.29, 0.717) is 42.3 Å². The highest BCUT2D eigenvalue weighted by atomic mass is 32.1. The maximum Gasteiger partial charge on any atom is 0.387 e. The van der Waals surface area contributed by atoms with Gasteiger partial charge in [0.05, 0.1) is 11.6 Å². The molecule has 0 spiro atoms. The third-order valence-corrected chi connectivity index (χ3v) is 5.48. The summed E-state index contributed by atoms with van der Waals surface area (Å²) in [6.07, 6.45) is 2.77. The molecule has 0 bridgehead atoms. The molecule has 9 heteroatoms. The second-order valence-corrected chi connectivity index (χ2v) is 7.69. The maximum atomic E-state index is 12.6. The van der Waals surface area contributed by atoms with Gasteiger partial charge in [-0.25, -0.2) is 4.98 Å². The number of piperidine rings is 1. The van der Waals surface area contributed by atoms with Gasteiger partial charge >= 0.3 is 6.61 Å². The average molecular weight is 423 g/mol. The van der Waals surface area contributed by atoms with Crippen molar-refractivity contribution in [2.75, 3.05) is 18.4 Å². The third-order valence-electron chi connectivity index (χ3n) is 4.72. The number of halogens is 2. The number of hydrogen-bond donors (Lipinski definition) is 1. The molecule has 1 aliphatic rings. The molecule has 1 fully saturated rings. The van der Waals surface area contributed by atoms with Crippen LogP contribution in [0.3, 0.4) is 0 Å². The van der Waals surface area contributed by atoms with Crippen LogP contribution < -0.4 is 10.1 Å². The van der Waals surface area contributed by atoms with E-state index in [1.54, 1.807) is 28.5 Å². The van der Waals surface area contributed by atoms with Crippen molar-refractivity contribution < 1.29 is 23.1 Å². The number of nitrogens with one attached hydrogen (secondary N) is 1. The molecule has 6 nitrogen and oxygen atoms in total. The van der Waals surface area contributed by atoms with Crippen LogP contribution in [0.25, 0.3) is 11.3 Å². The number of alkyl halides is 2. The maximum absolute atomic E-state index is 12.6. The summed E-state index contributed by atoms with van der Waals surface area (Å²) >= 11 is 1.21. The van der Waals surface area contributed by atoms with Crippen molar-refractivity contribution in [2.45, 2.75) is 39.2 Å². The van der Waals surface area contributed by atoms with Crippen LogP contribution >= 0.6 is 11.3 Å². The Morgan fingerprint density at radius 2 is 2.17 bits per heavy atom. The van der Waals surface area contributed by atoms with Gasteiger partial charge in [0.2, 0.25) is 11.8 Å². The molecule has 1 N–H and O–H groups in total. The molecule has 0 radical (unpaired) electrons. The van der Waals surface area contributed by atoms with Gasteiger partial charge < -0.3 is 15.0 Å². The number of carbonyl (C=O) groups is 2. The van der Waals surface area contributed by atoms with Crippen molar-refractivity contribution in [3.63, 3.8) is 0 Å². The highest BCUT2D eigenvalue weighted by Crippen LogP contribution is 2.33. The molecule has 2 amide bonds. The van der Waals surface area contributed by atoms with E-state index in [1.807, 2.05) is 6.92 Å². The zero-order valence-electron chi connectivity index (χ0n) is 16.1. The SMILES string of the molecule is CCCC(=O)N1CCCC(C(=O)Nc2nc(-c3ccccc3OC(F)F)cs2)C1. The number of aromatic nitrogens is 1. The molecular formula is C20H23F2N3O3S. The van der Waals surface area contributed by atoms with E-state index >= 15 is 0 Å². The molecule has 1 aliphatic heterocycles. The molecule has 1 aromatic heterocycles. The lowest BCUT2D eigenvalue weighted by molar-refractivity contribution is -0.134. The Kier molecular flexibility index (Phi) is 7.13. The Labute approximate surface area is 171 Å². The second kappa shape index (κ2) is 9.78. The van der Waals surface area contributed by atoms with Crippen LogP contribution in [-0.2, 0) is 9.59 Å². The second-order valence-electron chi connectivity index (χ2n) is 6.83. The van der Waals surface area contributed by atoms with Crippen LogP contribution in [-0.4, -0.2) is 41.4 Å². The average Bonchev–Trinajstić information content (AvgIpc) is 3.16. The van der Waals surface area contributed by atoms with E-state index in [4.69, 9.17) is 0 Å². The number of hydrogen-bond acceptors (Lipinski definition) is 5. The van der Waals surface area contributed by atoms with E-state index in [-0.39, 0.29) is 23.5 Å². The van der Waals surface area contributed by atoms with Crippen LogP contribution in [0.4, 0.5) is 13.9 Å². The minimum atomic E-state index is -2.93. The third kappa shape index (κ3) is 5.50. The summed E-state index contributed by atoms with van der Waals surface area (Å²) in [5.74, 6) is -0.358. The molecule has 1 unspecified atom stereocenters. The Hall–Kier alpha value is -2.55. The summed E-state index contributed by atoms with van der Waals surface area (Å²) in [4.78, 5) is 30.9. The molecule has 29 heavy (non-hydrogen) atoms. The Balaban J connectivity index is 1.66. The van der Waals surface area contributed by atoms with Crippen molar-refractivity contribution in [1.29, 1.82) is 0 Å². The first-order valence-corrected chi connectivity index (χ1v) is 10.4. The van der Waals surface area contributed by atoms with Gasteiger partial charge in [-0.3, -0.25) is 9.59 Å². The van der Waals surface area contributed by atoms with Crippen LogP contribution in [0.2, 0.25) is 0 Å². The number of benzene rings is 1. The Morgan fingerprint density at radius 3 is 2.93 bits per heavy atom. The summed E-state index contributed by atoms with van der Waals surface area (Å²) in [7, 11) is 0. The first-order valence-electron chi connectivity index (χ1n) is 9.56. The lowest BCUT2D eigenvalue weighted by Gasteiger charge is -2.31. The summed E-state index contributed by atoms with van der Waals surface area (Å²) in [6, 6.07) is 6.39. The summed E-state index contributed by atoms with van der Waals surface area (Å²) in [5, 5.41) is 4.86. The number of anilines is 1. The van der Waals surface area contributed by atoms with Gasteiger partial charge in [-0.05, 0) is 31.4 Å². The van der Waals surface area contributed by atoms with Gasteiger partial charge in [-0.2, -0.15) is 8.78 Å². The molecule has 1 atom stereocenters. The number of amides is 2. The van der Waals surface area contributed by atoms with E-state index in [1.165, 1.54) is 17.4 Å². The van der Waals surface area contributed by atoms with Crippen LogP contribution in [0.5, 0.6) is 5.75 Å². The first-order chi connectivity index (χ1) is 14.0. The van der Waals surface area contributed by atoms with E-state index in [9.17, 15) is 18.4 Å². The number of thiazole rings is 1. The van der Waals surface area contributed by atoms with Crippen LogP contribution in [0.1, 0.15) is 32.6 Å². The fourth-order valence-corrected chi connectivity index (χ4v) is 4.04. The van der Waals surface area contributed by atoms with Gasteiger partial charge in [-0.1, -0.05) is 19.1 Å². The van der Waals surface area contributed by atoms with Gasteiger partial charge in [0.25, 0.3) is 0 Å². The predicted molar refractivity (Wildman–Crippen MR) is 107 cm³/mol. The minimum Gasteiger partial charge on any atom is -0.434 e. The summed E-state index contributed by atoms with van der Waals surface area (Å²) < 4.78 is 29.8. The minimum absolute atomic E-state index is 0.0306. The number of nitrogens with zero attached hydrogens (tertiary/aromatic N) is 2. The monoisotopic (exact) mass is 423 g/mol. The van der Waals surface area contributed by atoms with Gasteiger partial charge in [-0.15, -0.1) is 11.3 Å². The van der Waals surface area contributed by atoms with Crippen molar-refractivity contribution in [1.82, 2.24) is 9.88 Å². The predicted octanol–water partition coefficient (Wildman–Crippen LogP) is 4.39. The molecule has 2 aromatic rings. The Bertz CT molecular complexity index is 859. The van der Waals surface area contributed by atoms with Crippen LogP contribution in [0.15, 0.2) is 29.6 Å². The number of carbonyl (C=O) groups excluding carboxylic acids is 2. The summed E-state index contributed by atoms with van der Waals surface area (Å²) in [5.41, 5.74) is 0.878. The molecule has 2 heterocycles. The van der Waals surface area contributed by atoms with Gasteiger partial charge in [0.15, 0.2) is 5.13 Å².